The van der Waals surface area contributed by atoms with Crippen molar-refractivity contribution in [1.29, 1.82) is 0 Å². The van der Waals surface area contributed by atoms with Crippen molar-refractivity contribution < 1.29 is 18.7 Å². The van der Waals surface area contributed by atoms with Gasteiger partial charge in [-0.3, -0.25) is 9.59 Å². The number of carbonyl (C=O) groups is 2. The van der Waals surface area contributed by atoms with Crippen LogP contribution in [0.3, 0.4) is 0 Å². The molecule has 3 rings (SSSR count). The molecule has 164 valence electrons. The molecule has 1 aliphatic rings. The second-order valence-electron chi connectivity index (χ2n) is 8.04. The number of hydrogen-bond acceptors (Lipinski definition) is 3. The molecule has 6 heteroatoms. The van der Waals surface area contributed by atoms with Gasteiger partial charge in [-0.2, -0.15) is 0 Å². The van der Waals surface area contributed by atoms with E-state index in [2.05, 4.69) is 11.9 Å². The summed E-state index contributed by atoms with van der Waals surface area (Å²) in [7, 11) is 0. The zero-order valence-corrected chi connectivity index (χ0v) is 18.2. The largest absolute Gasteiger partial charge is 0.481 e. The smallest absolute Gasteiger partial charge is 0.261 e. The molecule has 0 fully saturated rings. The van der Waals surface area contributed by atoms with Crippen LogP contribution in [0.25, 0.3) is 0 Å². The Balaban J connectivity index is 1.96. The monoisotopic (exact) mass is 424 g/mol. The molecule has 0 radical (unpaired) electrons. The van der Waals surface area contributed by atoms with Crippen LogP contribution in [0.2, 0.25) is 0 Å². The normalized spacial score (nSPS) is 16.4. The maximum absolute atomic E-state index is 13.6. The van der Waals surface area contributed by atoms with Crippen LogP contribution in [0.1, 0.15) is 43.5 Å². The fourth-order valence-corrected chi connectivity index (χ4v) is 3.81. The molecule has 0 saturated carbocycles. The maximum atomic E-state index is 13.6. The Labute approximate surface area is 182 Å². The van der Waals surface area contributed by atoms with Crippen LogP contribution in [0.4, 0.5) is 4.39 Å². The van der Waals surface area contributed by atoms with Crippen molar-refractivity contribution in [1.82, 2.24) is 10.2 Å². The van der Waals surface area contributed by atoms with Crippen molar-refractivity contribution in [2.75, 3.05) is 13.1 Å². The van der Waals surface area contributed by atoms with Crippen LogP contribution >= 0.6 is 0 Å². The van der Waals surface area contributed by atoms with Crippen molar-refractivity contribution in [3.63, 3.8) is 0 Å². The average molecular weight is 425 g/mol. The highest BCUT2D eigenvalue weighted by Crippen LogP contribution is 2.38. The predicted molar refractivity (Wildman–Crippen MR) is 118 cm³/mol. The first-order valence-corrected chi connectivity index (χ1v) is 10.6. The first-order chi connectivity index (χ1) is 14.8. The number of nitrogens with one attached hydrogen (secondary N) is 1. The molecule has 2 atom stereocenters. The predicted octanol–water partition coefficient (Wildman–Crippen LogP) is 4.03. The van der Waals surface area contributed by atoms with Gasteiger partial charge >= 0.3 is 0 Å². The van der Waals surface area contributed by atoms with Crippen LogP contribution in [0.15, 0.2) is 55.1 Å². The molecule has 2 aromatic carbocycles. The topological polar surface area (TPSA) is 58.6 Å². The molecule has 2 amide bonds. The summed E-state index contributed by atoms with van der Waals surface area (Å²) in [5.41, 5.74) is 2.88. The van der Waals surface area contributed by atoms with E-state index < -0.39 is 6.10 Å². The van der Waals surface area contributed by atoms with Gasteiger partial charge in [0.15, 0.2) is 6.10 Å². The van der Waals surface area contributed by atoms with Crippen LogP contribution in [-0.4, -0.2) is 35.9 Å². The Kier molecular flexibility index (Phi) is 7.10. The molecule has 2 aromatic rings. The number of amides is 2. The molecule has 0 aromatic heterocycles. The Morgan fingerprint density at radius 3 is 2.58 bits per heavy atom. The molecule has 0 aliphatic carbocycles. The molecule has 0 saturated heterocycles. The quantitative estimate of drug-likeness (QED) is 0.683. The highest BCUT2D eigenvalue weighted by Gasteiger charge is 2.33. The molecular weight excluding hydrogens is 395 g/mol. The SMILES string of the molecule is C=CCNC(=O)C(C)Oc1ccc2c(c1)C(c1ccc(F)cc1)N(C(=O)C(C)C)CC2. The average Bonchev–Trinajstić information content (AvgIpc) is 2.76. The minimum atomic E-state index is -0.681. The summed E-state index contributed by atoms with van der Waals surface area (Å²) in [6, 6.07) is 11.6. The van der Waals surface area contributed by atoms with Gasteiger partial charge in [0.1, 0.15) is 11.6 Å². The Bertz CT molecular complexity index is 956. The molecule has 1 N–H and O–H groups in total. The summed E-state index contributed by atoms with van der Waals surface area (Å²) in [5, 5.41) is 2.72. The summed E-state index contributed by atoms with van der Waals surface area (Å²) in [6.07, 6.45) is 1.65. The second-order valence-corrected chi connectivity index (χ2v) is 8.04. The van der Waals surface area contributed by atoms with Gasteiger partial charge < -0.3 is 15.0 Å². The van der Waals surface area contributed by atoms with E-state index in [1.165, 1.54) is 12.1 Å². The molecular formula is C25H29FN2O3. The van der Waals surface area contributed by atoms with Crippen LogP contribution in [-0.2, 0) is 16.0 Å². The van der Waals surface area contributed by atoms with Crippen LogP contribution in [0, 0.1) is 11.7 Å². The number of ether oxygens (including phenoxy) is 1. The van der Waals surface area contributed by atoms with E-state index >= 15 is 0 Å². The third-order valence-corrected chi connectivity index (χ3v) is 5.41. The van der Waals surface area contributed by atoms with E-state index in [0.29, 0.717) is 18.8 Å². The maximum Gasteiger partial charge on any atom is 0.261 e. The molecule has 0 spiro atoms. The van der Waals surface area contributed by atoms with E-state index in [0.717, 1.165) is 23.1 Å². The number of benzene rings is 2. The zero-order chi connectivity index (χ0) is 22.5. The van der Waals surface area contributed by atoms with E-state index in [4.69, 9.17) is 4.74 Å². The Morgan fingerprint density at radius 2 is 1.94 bits per heavy atom. The van der Waals surface area contributed by atoms with Crippen LogP contribution in [0.5, 0.6) is 5.75 Å². The molecule has 1 heterocycles. The van der Waals surface area contributed by atoms with Crippen molar-refractivity contribution in [3.8, 4) is 5.75 Å². The van der Waals surface area contributed by atoms with Crippen molar-refractivity contribution in [3.05, 3.63) is 77.6 Å². The van der Waals surface area contributed by atoms with E-state index in [-0.39, 0.29) is 29.6 Å². The van der Waals surface area contributed by atoms with Crippen LogP contribution < -0.4 is 10.1 Å². The van der Waals surface area contributed by atoms with Crippen molar-refractivity contribution in [2.24, 2.45) is 5.92 Å². The number of fused-ring (bicyclic) bond motifs is 1. The minimum Gasteiger partial charge on any atom is -0.481 e. The fourth-order valence-electron chi connectivity index (χ4n) is 3.81. The van der Waals surface area contributed by atoms with E-state index in [1.807, 2.05) is 36.9 Å². The standard InChI is InChI=1S/C25H29FN2O3/c1-5-13-27-24(29)17(4)31-21-11-8-18-12-14-28(25(30)16(2)3)23(22(18)15-21)19-6-9-20(26)10-7-19/h5-11,15-17,23H,1,12-14H2,2-4H3,(H,27,29). The summed E-state index contributed by atoms with van der Waals surface area (Å²) in [4.78, 5) is 27.0. The number of nitrogens with zero attached hydrogens (tertiary/aromatic N) is 1. The number of carbonyl (C=O) groups excluding carboxylic acids is 2. The van der Waals surface area contributed by atoms with Crippen molar-refractivity contribution in [2.45, 2.75) is 39.3 Å². The first kappa shape index (κ1) is 22.5. The Hall–Kier alpha value is -3.15. The summed E-state index contributed by atoms with van der Waals surface area (Å²) in [6.45, 7) is 9.99. The number of rotatable bonds is 7. The lowest BCUT2D eigenvalue weighted by atomic mass is 9.87. The third-order valence-electron chi connectivity index (χ3n) is 5.41. The highest BCUT2D eigenvalue weighted by atomic mass is 19.1. The summed E-state index contributed by atoms with van der Waals surface area (Å²) < 4.78 is 19.4. The van der Waals surface area contributed by atoms with Gasteiger partial charge in [-0.25, -0.2) is 4.39 Å². The van der Waals surface area contributed by atoms with Crippen molar-refractivity contribution >= 4 is 11.8 Å². The molecule has 5 nitrogen and oxygen atoms in total. The van der Waals surface area contributed by atoms with Gasteiger partial charge in [0.25, 0.3) is 5.91 Å². The van der Waals surface area contributed by atoms with Gasteiger partial charge in [0.05, 0.1) is 6.04 Å². The molecule has 1 aliphatic heterocycles. The lowest BCUT2D eigenvalue weighted by molar-refractivity contribution is -0.136. The molecule has 0 bridgehead atoms. The van der Waals surface area contributed by atoms with Gasteiger partial charge in [-0.1, -0.05) is 38.1 Å². The molecule has 31 heavy (non-hydrogen) atoms. The number of halogens is 1. The zero-order valence-electron chi connectivity index (χ0n) is 18.2. The molecule has 2 unspecified atom stereocenters. The third kappa shape index (κ3) is 5.13. The van der Waals surface area contributed by atoms with E-state index in [1.54, 1.807) is 25.1 Å². The van der Waals surface area contributed by atoms with Gasteiger partial charge in [-0.15, -0.1) is 6.58 Å². The minimum absolute atomic E-state index is 0.0449. The van der Waals surface area contributed by atoms with Gasteiger partial charge in [0.2, 0.25) is 5.91 Å². The second kappa shape index (κ2) is 9.77. The summed E-state index contributed by atoms with van der Waals surface area (Å²) >= 11 is 0. The fraction of sp³-hybridized carbons (Fsp3) is 0.360. The highest BCUT2D eigenvalue weighted by molar-refractivity contribution is 5.81. The first-order valence-electron chi connectivity index (χ1n) is 10.6. The summed E-state index contributed by atoms with van der Waals surface area (Å²) in [5.74, 6) is -0.116. The Morgan fingerprint density at radius 1 is 1.23 bits per heavy atom. The number of hydrogen-bond donors (Lipinski definition) is 1. The van der Waals surface area contributed by atoms with E-state index in [9.17, 15) is 14.0 Å². The lowest BCUT2D eigenvalue weighted by Crippen LogP contribution is -2.42. The van der Waals surface area contributed by atoms with Gasteiger partial charge in [0, 0.05) is 19.0 Å². The van der Waals surface area contributed by atoms with Gasteiger partial charge in [-0.05, 0) is 54.3 Å². The lowest BCUT2D eigenvalue weighted by Gasteiger charge is -2.39.